The van der Waals surface area contributed by atoms with Crippen molar-refractivity contribution in [1.82, 2.24) is 10.2 Å². The summed E-state index contributed by atoms with van der Waals surface area (Å²) in [5.41, 5.74) is 4.82. The molecule has 2 fully saturated rings. The van der Waals surface area contributed by atoms with Crippen LogP contribution >= 0.6 is 0 Å². The number of anilines is 2. The average molecular weight is 483 g/mol. The highest BCUT2D eigenvalue weighted by Crippen LogP contribution is 2.42. The Morgan fingerprint density at radius 2 is 1.67 bits per heavy atom. The third kappa shape index (κ3) is 4.13. The number of imide groups is 1. The zero-order valence-corrected chi connectivity index (χ0v) is 20.3. The predicted molar refractivity (Wildman–Crippen MR) is 140 cm³/mol. The van der Waals surface area contributed by atoms with Crippen LogP contribution in [0.25, 0.3) is 10.8 Å². The average Bonchev–Trinajstić information content (AvgIpc) is 3.18. The fourth-order valence-electron chi connectivity index (χ4n) is 5.73. The van der Waals surface area contributed by atoms with Crippen LogP contribution in [0, 0.1) is 0 Å². The number of carbonyl (C=O) groups excluding carboxylic acids is 3. The van der Waals surface area contributed by atoms with Gasteiger partial charge in [-0.05, 0) is 61.7 Å². The third-order valence-electron chi connectivity index (χ3n) is 7.61. The van der Waals surface area contributed by atoms with E-state index in [9.17, 15) is 14.4 Å². The molecule has 0 spiro atoms. The van der Waals surface area contributed by atoms with Gasteiger partial charge in [0.15, 0.2) is 0 Å². The molecule has 0 aliphatic carbocycles. The van der Waals surface area contributed by atoms with Crippen molar-refractivity contribution in [2.75, 3.05) is 23.3 Å². The predicted octanol–water partition coefficient (Wildman–Crippen LogP) is 4.20. The number of nitrogens with one attached hydrogen (secondary N) is 2. The molecule has 7 nitrogen and oxygen atoms in total. The summed E-state index contributed by atoms with van der Waals surface area (Å²) in [4.78, 5) is 41.5. The van der Waals surface area contributed by atoms with Crippen LogP contribution in [0.3, 0.4) is 0 Å². The van der Waals surface area contributed by atoms with Crippen molar-refractivity contribution in [2.24, 2.45) is 0 Å². The molecule has 7 heteroatoms. The van der Waals surface area contributed by atoms with E-state index >= 15 is 0 Å². The van der Waals surface area contributed by atoms with Crippen LogP contribution in [0.5, 0.6) is 0 Å². The molecule has 3 aromatic carbocycles. The van der Waals surface area contributed by atoms with Crippen molar-refractivity contribution in [1.29, 1.82) is 0 Å². The maximum Gasteiger partial charge on any atom is 0.259 e. The number of likely N-dealkylation sites (tertiary alicyclic amines) is 1. The molecule has 1 atom stereocenters. The highest BCUT2D eigenvalue weighted by Gasteiger charge is 2.40. The van der Waals surface area contributed by atoms with Gasteiger partial charge in [0, 0.05) is 41.5 Å². The maximum atomic E-state index is 13.3. The molecule has 1 unspecified atom stereocenters. The molecule has 3 amide bonds. The van der Waals surface area contributed by atoms with Crippen LogP contribution in [0.4, 0.5) is 11.4 Å². The summed E-state index contributed by atoms with van der Waals surface area (Å²) in [6.07, 6.45) is 4.51. The Labute approximate surface area is 210 Å². The lowest BCUT2D eigenvalue weighted by molar-refractivity contribution is -0.134. The fraction of sp³-hybridized carbons (Fsp3) is 0.345. The molecule has 0 radical (unpaired) electrons. The quantitative estimate of drug-likeness (QED) is 0.515. The Morgan fingerprint density at radius 3 is 2.44 bits per heavy atom. The highest BCUT2D eigenvalue weighted by molar-refractivity contribution is 6.28. The lowest BCUT2D eigenvalue weighted by Gasteiger charge is -2.30. The van der Waals surface area contributed by atoms with Gasteiger partial charge in [0.2, 0.25) is 11.8 Å². The molecule has 3 aliphatic heterocycles. The molecule has 3 heterocycles. The van der Waals surface area contributed by atoms with Crippen LogP contribution in [-0.4, -0.2) is 41.8 Å². The molecule has 2 N–H and O–H groups in total. The first-order chi connectivity index (χ1) is 17.6. The zero-order chi connectivity index (χ0) is 24.6. The Kier molecular flexibility index (Phi) is 5.93. The van der Waals surface area contributed by atoms with Gasteiger partial charge in [-0.25, -0.2) is 0 Å². The minimum atomic E-state index is -0.673. The van der Waals surface area contributed by atoms with Crippen molar-refractivity contribution in [3.63, 3.8) is 0 Å². The standard InChI is InChI=1S/C29H30N4O3/c34-26-14-13-25(28(35)31-26)33-24-12-11-23(21-5-4-6-22(27(21)24)29(33)36)30-17-19-7-9-20(10-8-19)18-32-15-2-1-3-16-32/h4-12,25,30H,1-3,13-18H2,(H,31,34,35). The minimum absolute atomic E-state index is 0.188. The molecule has 36 heavy (non-hydrogen) atoms. The van der Waals surface area contributed by atoms with E-state index < -0.39 is 11.9 Å². The topological polar surface area (TPSA) is 81.8 Å². The van der Waals surface area contributed by atoms with Crippen molar-refractivity contribution in [3.05, 3.63) is 71.3 Å². The number of benzene rings is 3. The smallest absolute Gasteiger partial charge is 0.259 e. The van der Waals surface area contributed by atoms with Gasteiger partial charge >= 0.3 is 0 Å². The van der Waals surface area contributed by atoms with Crippen LogP contribution in [-0.2, 0) is 22.7 Å². The van der Waals surface area contributed by atoms with Crippen LogP contribution < -0.4 is 15.5 Å². The monoisotopic (exact) mass is 482 g/mol. The van der Waals surface area contributed by atoms with Crippen LogP contribution in [0.15, 0.2) is 54.6 Å². The van der Waals surface area contributed by atoms with Gasteiger partial charge in [-0.15, -0.1) is 0 Å². The first kappa shape index (κ1) is 22.7. The first-order valence-corrected chi connectivity index (χ1v) is 12.9. The van der Waals surface area contributed by atoms with E-state index in [1.54, 1.807) is 4.90 Å². The lowest BCUT2D eigenvalue weighted by atomic mass is 10.0. The van der Waals surface area contributed by atoms with E-state index in [2.05, 4.69) is 39.8 Å². The van der Waals surface area contributed by atoms with E-state index in [0.29, 0.717) is 18.5 Å². The van der Waals surface area contributed by atoms with Crippen LogP contribution in [0.2, 0.25) is 0 Å². The number of hydrogen-bond donors (Lipinski definition) is 2. The second kappa shape index (κ2) is 9.39. The molecule has 0 bridgehead atoms. The number of nitrogens with zero attached hydrogens (tertiary/aromatic N) is 2. The van der Waals surface area contributed by atoms with E-state index in [-0.39, 0.29) is 18.2 Å². The van der Waals surface area contributed by atoms with Gasteiger partial charge in [-0.2, -0.15) is 0 Å². The largest absolute Gasteiger partial charge is 0.380 e. The molecular formula is C29H30N4O3. The summed E-state index contributed by atoms with van der Waals surface area (Å²) in [7, 11) is 0. The number of rotatable bonds is 6. The fourth-order valence-corrected chi connectivity index (χ4v) is 5.73. The second-order valence-corrected chi connectivity index (χ2v) is 10.0. The molecule has 0 aromatic heterocycles. The minimum Gasteiger partial charge on any atom is -0.380 e. The number of piperidine rings is 2. The summed E-state index contributed by atoms with van der Waals surface area (Å²) >= 11 is 0. The molecule has 6 rings (SSSR count). The van der Waals surface area contributed by atoms with Gasteiger partial charge in [0.05, 0.1) is 5.69 Å². The highest BCUT2D eigenvalue weighted by atomic mass is 16.2. The normalized spacial score (nSPS) is 20.2. The van der Waals surface area contributed by atoms with Crippen molar-refractivity contribution in [3.8, 4) is 0 Å². The van der Waals surface area contributed by atoms with Gasteiger partial charge in [-0.1, -0.05) is 42.8 Å². The molecule has 0 saturated carbocycles. The Morgan fingerprint density at radius 1 is 0.889 bits per heavy atom. The second-order valence-electron chi connectivity index (χ2n) is 10.0. The van der Waals surface area contributed by atoms with E-state index in [1.165, 1.54) is 43.5 Å². The van der Waals surface area contributed by atoms with E-state index in [4.69, 9.17) is 0 Å². The summed E-state index contributed by atoms with van der Waals surface area (Å²) in [6.45, 7) is 4.07. The number of amides is 3. The molecular weight excluding hydrogens is 452 g/mol. The van der Waals surface area contributed by atoms with Gasteiger partial charge in [0.1, 0.15) is 6.04 Å². The van der Waals surface area contributed by atoms with Crippen molar-refractivity contribution in [2.45, 2.75) is 51.2 Å². The third-order valence-corrected chi connectivity index (χ3v) is 7.61. The molecule has 3 aromatic rings. The molecule has 3 aliphatic rings. The summed E-state index contributed by atoms with van der Waals surface area (Å²) in [6, 6.07) is 17.7. The number of carbonyl (C=O) groups is 3. The van der Waals surface area contributed by atoms with Crippen LogP contribution in [0.1, 0.15) is 53.6 Å². The lowest BCUT2D eigenvalue weighted by Crippen LogP contribution is -2.53. The number of hydrogen-bond acceptors (Lipinski definition) is 5. The Hall–Kier alpha value is -3.71. The summed E-state index contributed by atoms with van der Waals surface area (Å²) in [5, 5.41) is 7.73. The van der Waals surface area contributed by atoms with Gasteiger partial charge in [0.25, 0.3) is 5.91 Å². The molecule has 2 saturated heterocycles. The van der Waals surface area contributed by atoms with E-state index in [1.807, 2.05) is 30.3 Å². The Bertz CT molecular complexity index is 1340. The van der Waals surface area contributed by atoms with E-state index in [0.717, 1.165) is 28.7 Å². The first-order valence-electron chi connectivity index (χ1n) is 12.9. The SMILES string of the molecule is O=C1CCC(N2C(=O)c3cccc4c(NCc5ccc(CN6CCCCC6)cc5)ccc2c34)C(=O)N1. The van der Waals surface area contributed by atoms with Crippen molar-refractivity contribution >= 4 is 39.9 Å². The molecule has 184 valence electrons. The van der Waals surface area contributed by atoms with Crippen molar-refractivity contribution < 1.29 is 14.4 Å². The van der Waals surface area contributed by atoms with Gasteiger partial charge < -0.3 is 5.32 Å². The zero-order valence-electron chi connectivity index (χ0n) is 20.3. The summed E-state index contributed by atoms with van der Waals surface area (Å²) in [5.74, 6) is -0.886. The van der Waals surface area contributed by atoms with Gasteiger partial charge in [-0.3, -0.25) is 29.5 Å². The Balaban J connectivity index is 1.20. The maximum absolute atomic E-state index is 13.3. The summed E-state index contributed by atoms with van der Waals surface area (Å²) < 4.78 is 0.